The van der Waals surface area contributed by atoms with Gasteiger partial charge in [-0.25, -0.2) is 4.99 Å². The third-order valence-corrected chi connectivity index (χ3v) is 2.67. The largest absolute Gasteiger partial charge is 0.478 e. The summed E-state index contributed by atoms with van der Waals surface area (Å²) in [6.45, 7) is 7.22. The molecular formula is C10H18N2O. The van der Waals surface area contributed by atoms with E-state index in [1.165, 1.54) is 12.8 Å². The van der Waals surface area contributed by atoms with Crippen LogP contribution in [-0.2, 0) is 4.74 Å². The summed E-state index contributed by atoms with van der Waals surface area (Å²) < 4.78 is 5.63. The lowest BCUT2D eigenvalue weighted by molar-refractivity contribution is 0.257. The van der Waals surface area contributed by atoms with E-state index in [0.717, 1.165) is 25.6 Å². The molecule has 0 radical (unpaired) electrons. The molecule has 0 spiro atoms. The monoisotopic (exact) mass is 182 g/mol. The number of piperidine rings is 1. The van der Waals surface area contributed by atoms with E-state index in [0.29, 0.717) is 5.92 Å². The van der Waals surface area contributed by atoms with Crippen LogP contribution in [0, 0.1) is 5.92 Å². The van der Waals surface area contributed by atoms with Crippen LogP contribution in [0.15, 0.2) is 4.99 Å². The maximum atomic E-state index is 5.63. The summed E-state index contributed by atoms with van der Waals surface area (Å²) in [5, 5.41) is 3.35. The molecule has 0 aromatic carbocycles. The van der Waals surface area contributed by atoms with E-state index in [-0.39, 0.29) is 5.54 Å². The van der Waals surface area contributed by atoms with Gasteiger partial charge < -0.3 is 10.1 Å². The van der Waals surface area contributed by atoms with Crippen molar-refractivity contribution in [3.8, 4) is 0 Å². The quantitative estimate of drug-likeness (QED) is 0.661. The van der Waals surface area contributed by atoms with Crippen molar-refractivity contribution >= 4 is 5.90 Å². The Kier molecular flexibility index (Phi) is 2.28. The van der Waals surface area contributed by atoms with E-state index in [1.54, 1.807) is 0 Å². The topological polar surface area (TPSA) is 33.6 Å². The lowest BCUT2D eigenvalue weighted by Crippen LogP contribution is -2.31. The van der Waals surface area contributed by atoms with Gasteiger partial charge in [0.15, 0.2) is 5.90 Å². The van der Waals surface area contributed by atoms with Crippen molar-refractivity contribution in [2.24, 2.45) is 10.9 Å². The molecule has 1 fully saturated rings. The molecule has 0 atom stereocenters. The zero-order valence-corrected chi connectivity index (χ0v) is 8.47. The maximum absolute atomic E-state index is 5.63. The molecule has 1 N–H and O–H groups in total. The molecule has 13 heavy (non-hydrogen) atoms. The number of aliphatic imine (C=N–C) groups is 1. The Morgan fingerprint density at radius 3 is 2.62 bits per heavy atom. The molecule has 2 heterocycles. The van der Waals surface area contributed by atoms with Crippen LogP contribution in [0.2, 0.25) is 0 Å². The van der Waals surface area contributed by atoms with Crippen molar-refractivity contribution in [2.45, 2.75) is 32.2 Å². The standard InChI is InChI=1S/C10H18N2O/c1-10(2)7-13-9(12-10)8-3-5-11-6-4-8/h8,11H,3-7H2,1-2H3. The van der Waals surface area contributed by atoms with Gasteiger partial charge in [0, 0.05) is 5.92 Å². The summed E-state index contributed by atoms with van der Waals surface area (Å²) in [6.07, 6.45) is 2.35. The number of nitrogens with one attached hydrogen (secondary N) is 1. The first-order valence-corrected chi connectivity index (χ1v) is 5.11. The van der Waals surface area contributed by atoms with Crippen molar-refractivity contribution < 1.29 is 4.74 Å². The highest BCUT2D eigenvalue weighted by atomic mass is 16.5. The molecule has 2 rings (SSSR count). The SMILES string of the molecule is CC1(C)COC(C2CCNCC2)=N1. The number of rotatable bonds is 1. The van der Waals surface area contributed by atoms with Crippen LogP contribution in [0.1, 0.15) is 26.7 Å². The minimum absolute atomic E-state index is 0.0141. The Labute approximate surface area is 79.6 Å². The second-order valence-corrected chi connectivity index (χ2v) is 4.58. The van der Waals surface area contributed by atoms with Gasteiger partial charge in [-0.1, -0.05) is 0 Å². The third-order valence-electron chi connectivity index (χ3n) is 2.67. The number of ether oxygens (including phenoxy) is 1. The average Bonchev–Trinajstić information content (AvgIpc) is 2.48. The summed E-state index contributed by atoms with van der Waals surface area (Å²) in [7, 11) is 0. The van der Waals surface area contributed by atoms with E-state index in [1.807, 2.05) is 0 Å². The van der Waals surface area contributed by atoms with Crippen molar-refractivity contribution in [3.63, 3.8) is 0 Å². The predicted octanol–water partition coefficient (Wildman–Crippen LogP) is 1.19. The molecule has 0 aromatic heterocycles. The van der Waals surface area contributed by atoms with E-state index < -0.39 is 0 Å². The molecule has 0 bridgehead atoms. The number of hydrogen-bond donors (Lipinski definition) is 1. The summed E-state index contributed by atoms with van der Waals surface area (Å²) in [5.41, 5.74) is 0.0141. The van der Waals surface area contributed by atoms with Crippen LogP contribution in [0.3, 0.4) is 0 Å². The summed E-state index contributed by atoms with van der Waals surface area (Å²) in [4.78, 5) is 4.61. The fraction of sp³-hybridized carbons (Fsp3) is 0.900. The van der Waals surface area contributed by atoms with Gasteiger partial charge in [0.05, 0.1) is 5.54 Å². The van der Waals surface area contributed by atoms with Crippen molar-refractivity contribution in [3.05, 3.63) is 0 Å². The van der Waals surface area contributed by atoms with Gasteiger partial charge in [-0.05, 0) is 39.8 Å². The smallest absolute Gasteiger partial charge is 0.187 e. The summed E-state index contributed by atoms with van der Waals surface area (Å²) in [5.74, 6) is 1.58. The van der Waals surface area contributed by atoms with Crippen molar-refractivity contribution in [2.75, 3.05) is 19.7 Å². The molecule has 3 heteroatoms. The molecule has 0 aliphatic carbocycles. The second kappa shape index (κ2) is 3.29. The zero-order chi connectivity index (χ0) is 9.31. The zero-order valence-electron chi connectivity index (χ0n) is 8.47. The van der Waals surface area contributed by atoms with Gasteiger partial charge in [-0.3, -0.25) is 0 Å². The third kappa shape index (κ3) is 2.02. The van der Waals surface area contributed by atoms with Crippen molar-refractivity contribution in [1.82, 2.24) is 5.32 Å². The van der Waals surface area contributed by atoms with Crippen LogP contribution >= 0.6 is 0 Å². The van der Waals surface area contributed by atoms with Gasteiger partial charge in [0.25, 0.3) is 0 Å². The van der Waals surface area contributed by atoms with Crippen LogP contribution < -0.4 is 5.32 Å². The maximum Gasteiger partial charge on any atom is 0.187 e. The molecule has 74 valence electrons. The Balaban J connectivity index is 2.00. The summed E-state index contributed by atoms with van der Waals surface area (Å²) in [6, 6.07) is 0. The van der Waals surface area contributed by atoms with Gasteiger partial charge in [0.1, 0.15) is 6.61 Å². The Hall–Kier alpha value is -0.570. The molecular weight excluding hydrogens is 164 g/mol. The van der Waals surface area contributed by atoms with Crippen LogP contribution in [-0.4, -0.2) is 31.1 Å². The highest BCUT2D eigenvalue weighted by Crippen LogP contribution is 2.24. The first kappa shape index (κ1) is 9.00. The fourth-order valence-corrected chi connectivity index (χ4v) is 1.89. The Morgan fingerprint density at radius 1 is 1.38 bits per heavy atom. The van der Waals surface area contributed by atoms with Gasteiger partial charge in [-0.2, -0.15) is 0 Å². The molecule has 0 unspecified atom stereocenters. The Bertz CT molecular complexity index is 217. The average molecular weight is 182 g/mol. The Morgan fingerprint density at radius 2 is 2.08 bits per heavy atom. The minimum Gasteiger partial charge on any atom is -0.478 e. The number of hydrogen-bond acceptors (Lipinski definition) is 3. The molecule has 3 nitrogen and oxygen atoms in total. The highest BCUT2D eigenvalue weighted by Gasteiger charge is 2.31. The van der Waals surface area contributed by atoms with Gasteiger partial charge in [0.2, 0.25) is 0 Å². The molecule has 2 aliphatic heterocycles. The lowest BCUT2D eigenvalue weighted by Gasteiger charge is -2.21. The fourth-order valence-electron chi connectivity index (χ4n) is 1.89. The first-order valence-electron chi connectivity index (χ1n) is 5.11. The molecule has 0 amide bonds. The van der Waals surface area contributed by atoms with Gasteiger partial charge in [-0.15, -0.1) is 0 Å². The first-order chi connectivity index (χ1) is 6.17. The van der Waals surface area contributed by atoms with Crippen LogP contribution in [0.5, 0.6) is 0 Å². The molecule has 0 saturated carbocycles. The molecule has 2 aliphatic rings. The normalized spacial score (nSPS) is 28.3. The van der Waals surface area contributed by atoms with Gasteiger partial charge >= 0.3 is 0 Å². The summed E-state index contributed by atoms with van der Waals surface area (Å²) >= 11 is 0. The predicted molar refractivity (Wildman–Crippen MR) is 53.1 cm³/mol. The van der Waals surface area contributed by atoms with E-state index >= 15 is 0 Å². The van der Waals surface area contributed by atoms with Crippen LogP contribution in [0.25, 0.3) is 0 Å². The van der Waals surface area contributed by atoms with Crippen molar-refractivity contribution in [1.29, 1.82) is 0 Å². The lowest BCUT2D eigenvalue weighted by atomic mass is 9.98. The minimum atomic E-state index is 0.0141. The van der Waals surface area contributed by atoms with Crippen LogP contribution in [0.4, 0.5) is 0 Å². The second-order valence-electron chi connectivity index (χ2n) is 4.58. The molecule has 1 saturated heterocycles. The van der Waals surface area contributed by atoms with E-state index in [2.05, 4.69) is 24.2 Å². The number of nitrogens with zero attached hydrogens (tertiary/aromatic N) is 1. The van der Waals surface area contributed by atoms with E-state index in [9.17, 15) is 0 Å². The molecule has 0 aromatic rings. The highest BCUT2D eigenvalue weighted by molar-refractivity contribution is 5.80. The van der Waals surface area contributed by atoms with E-state index in [4.69, 9.17) is 4.74 Å².